The molecule has 1 saturated carbocycles. The number of rotatable bonds is 5. The first-order valence-corrected chi connectivity index (χ1v) is 7.42. The number of carbonyl (C=O) groups excluding carboxylic acids is 1. The van der Waals surface area contributed by atoms with Gasteiger partial charge in [-0.05, 0) is 44.0 Å². The van der Waals surface area contributed by atoms with Gasteiger partial charge in [0.25, 0.3) is 0 Å². The third-order valence-corrected chi connectivity index (χ3v) is 3.62. The molecule has 3 rings (SSSR count). The van der Waals surface area contributed by atoms with Gasteiger partial charge in [0.2, 0.25) is 0 Å². The Hall–Kier alpha value is -2.50. The number of aromatic nitrogens is 1. The first kappa shape index (κ1) is 15.4. The molecule has 4 nitrogen and oxygen atoms in total. The van der Waals surface area contributed by atoms with Crippen LogP contribution in [0.15, 0.2) is 36.5 Å². The Morgan fingerprint density at radius 3 is 2.52 bits per heavy atom. The van der Waals surface area contributed by atoms with Crippen LogP contribution in [0, 0.1) is 11.6 Å². The molecular weight excluding hydrogens is 302 g/mol. The summed E-state index contributed by atoms with van der Waals surface area (Å²) in [6.07, 6.45) is 2.60. The van der Waals surface area contributed by atoms with Gasteiger partial charge in [0.05, 0.1) is 11.1 Å². The normalized spacial score (nSPS) is 15.1. The zero-order valence-electron chi connectivity index (χ0n) is 12.6. The van der Waals surface area contributed by atoms with Crippen molar-refractivity contribution in [2.24, 2.45) is 0 Å². The molecule has 120 valence electrons. The Kier molecular flexibility index (Phi) is 4.23. The lowest BCUT2D eigenvalue weighted by Crippen LogP contribution is -2.12. The highest BCUT2D eigenvalue weighted by Crippen LogP contribution is 2.25. The molecule has 0 aliphatic heterocycles. The summed E-state index contributed by atoms with van der Waals surface area (Å²) >= 11 is 0. The second-order valence-electron chi connectivity index (χ2n) is 5.53. The molecule has 23 heavy (non-hydrogen) atoms. The minimum absolute atomic E-state index is 0.231. The molecule has 1 atom stereocenters. The predicted molar refractivity (Wildman–Crippen MR) is 81.1 cm³/mol. The van der Waals surface area contributed by atoms with Crippen LogP contribution in [0.1, 0.15) is 41.8 Å². The van der Waals surface area contributed by atoms with Crippen molar-refractivity contribution in [3.63, 3.8) is 0 Å². The van der Waals surface area contributed by atoms with E-state index in [1.54, 1.807) is 12.1 Å². The number of nitrogens with one attached hydrogen (secondary N) is 1. The van der Waals surface area contributed by atoms with Crippen LogP contribution >= 0.6 is 0 Å². The fraction of sp³-hybridized carbons (Fsp3) is 0.294. The average molecular weight is 318 g/mol. The molecule has 0 saturated heterocycles. The van der Waals surface area contributed by atoms with Crippen molar-refractivity contribution in [2.45, 2.75) is 31.9 Å². The molecule has 1 N–H and O–H groups in total. The molecule has 2 aromatic rings. The maximum atomic E-state index is 13.7. The molecule has 1 aliphatic carbocycles. The predicted octanol–water partition coefficient (Wildman–Crippen LogP) is 3.85. The largest absolute Gasteiger partial charge is 0.454 e. The Labute approximate surface area is 132 Å². The second-order valence-corrected chi connectivity index (χ2v) is 5.53. The number of anilines is 1. The van der Waals surface area contributed by atoms with Crippen LogP contribution in [0.5, 0.6) is 0 Å². The lowest BCUT2D eigenvalue weighted by atomic mass is 10.1. The zero-order chi connectivity index (χ0) is 16.4. The standard InChI is InChI=1S/C17H16F2N2O2/c1-10(16-13(18)3-2-4-14(16)19)23-17(22)11-5-8-15(20-9-11)21-12-6-7-12/h2-5,8-10,12H,6-7H2,1H3,(H,20,21)/t10-/m0/s1. The lowest BCUT2D eigenvalue weighted by molar-refractivity contribution is 0.0324. The molecule has 0 radical (unpaired) electrons. The summed E-state index contributed by atoms with van der Waals surface area (Å²) in [4.78, 5) is 16.2. The summed E-state index contributed by atoms with van der Waals surface area (Å²) in [6.45, 7) is 1.43. The number of benzene rings is 1. The van der Waals surface area contributed by atoms with E-state index in [-0.39, 0.29) is 11.1 Å². The van der Waals surface area contributed by atoms with E-state index in [1.165, 1.54) is 19.2 Å². The summed E-state index contributed by atoms with van der Waals surface area (Å²) in [5.74, 6) is -1.47. The summed E-state index contributed by atoms with van der Waals surface area (Å²) < 4.78 is 32.5. The van der Waals surface area contributed by atoms with Gasteiger partial charge in [-0.3, -0.25) is 0 Å². The van der Waals surface area contributed by atoms with Crippen LogP contribution in [0.4, 0.5) is 14.6 Å². The minimum atomic E-state index is -1.03. The van der Waals surface area contributed by atoms with Crippen LogP contribution in [0.3, 0.4) is 0 Å². The van der Waals surface area contributed by atoms with Gasteiger partial charge in [0.1, 0.15) is 23.6 Å². The highest BCUT2D eigenvalue weighted by atomic mass is 19.1. The molecule has 1 aromatic heterocycles. The van der Waals surface area contributed by atoms with Gasteiger partial charge in [-0.25, -0.2) is 18.6 Å². The van der Waals surface area contributed by atoms with E-state index in [0.717, 1.165) is 25.0 Å². The molecule has 1 fully saturated rings. The topological polar surface area (TPSA) is 51.2 Å². The van der Waals surface area contributed by atoms with Gasteiger partial charge in [-0.2, -0.15) is 0 Å². The SMILES string of the molecule is C[C@H](OC(=O)c1ccc(NC2CC2)nc1)c1c(F)cccc1F. The van der Waals surface area contributed by atoms with Crippen LogP contribution in [0.25, 0.3) is 0 Å². The Morgan fingerprint density at radius 2 is 1.96 bits per heavy atom. The number of nitrogens with zero attached hydrogens (tertiary/aromatic N) is 1. The molecule has 0 spiro atoms. The number of carbonyl (C=O) groups is 1. The fourth-order valence-corrected chi connectivity index (χ4v) is 2.22. The van der Waals surface area contributed by atoms with E-state index >= 15 is 0 Å². The summed E-state index contributed by atoms with van der Waals surface area (Å²) in [6, 6.07) is 7.24. The highest BCUT2D eigenvalue weighted by Gasteiger charge is 2.22. The highest BCUT2D eigenvalue weighted by molar-refractivity contribution is 5.89. The third-order valence-electron chi connectivity index (χ3n) is 3.62. The first-order chi connectivity index (χ1) is 11.0. The van der Waals surface area contributed by atoms with Crippen molar-refractivity contribution in [2.75, 3.05) is 5.32 Å². The summed E-state index contributed by atoms with van der Waals surface area (Å²) in [7, 11) is 0. The van der Waals surface area contributed by atoms with E-state index in [9.17, 15) is 13.6 Å². The third kappa shape index (κ3) is 3.64. The van der Waals surface area contributed by atoms with Gasteiger partial charge in [0.15, 0.2) is 0 Å². The van der Waals surface area contributed by atoms with Gasteiger partial charge >= 0.3 is 5.97 Å². The maximum Gasteiger partial charge on any atom is 0.340 e. The quantitative estimate of drug-likeness (QED) is 0.851. The van der Waals surface area contributed by atoms with Crippen LogP contribution < -0.4 is 5.32 Å². The number of esters is 1. The maximum absolute atomic E-state index is 13.7. The van der Waals surface area contributed by atoms with E-state index in [2.05, 4.69) is 10.3 Å². The average Bonchev–Trinajstić information content (AvgIpc) is 3.31. The molecule has 0 amide bonds. The number of ether oxygens (including phenoxy) is 1. The zero-order valence-corrected chi connectivity index (χ0v) is 12.6. The summed E-state index contributed by atoms with van der Waals surface area (Å²) in [5, 5.41) is 3.20. The van der Waals surface area contributed by atoms with Gasteiger partial charge < -0.3 is 10.1 Å². The minimum Gasteiger partial charge on any atom is -0.454 e. The van der Waals surface area contributed by atoms with Gasteiger partial charge in [-0.15, -0.1) is 0 Å². The van der Waals surface area contributed by atoms with Gasteiger partial charge in [-0.1, -0.05) is 6.07 Å². The second kappa shape index (κ2) is 6.32. The Bertz CT molecular complexity index is 695. The number of pyridine rings is 1. The van der Waals surface area contributed by atoms with E-state index in [1.807, 2.05) is 0 Å². The molecule has 0 unspecified atom stereocenters. The van der Waals surface area contributed by atoms with Crippen molar-refractivity contribution >= 4 is 11.8 Å². The molecule has 1 aromatic carbocycles. The fourth-order valence-electron chi connectivity index (χ4n) is 2.22. The van der Waals surface area contributed by atoms with Crippen molar-refractivity contribution in [3.05, 3.63) is 59.3 Å². The van der Waals surface area contributed by atoms with Crippen LogP contribution in [-0.2, 0) is 4.74 Å². The summed E-state index contributed by atoms with van der Waals surface area (Å²) in [5.41, 5.74) is -0.0317. The van der Waals surface area contributed by atoms with Crippen LogP contribution in [-0.4, -0.2) is 17.0 Å². The number of hydrogen-bond donors (Lipinski definition) is 1. The Balaban J connectivity index is 1.68. The van der Waals surface area contributed by atoms with Gasteiger partial charge in [0, 0.05) is 12.2 Å². The smallest absolute Gasteiger partial charge is 0.340 e. The van der Waals surface area contributed by atoms with Crippen molar-refractivity contribution < 1.29 is 18.3 Å². The Morgan fingerprint density at radius 1 is 1.26 bits per heavy atom. The van der Waals surface area contributed by atoms with Crippen molar-refractivity contribution in [1.82, 2.24) is 4.98 Å². The monoisotopic (exact) mass is 318 g/mol. The molecular formula is C17H16F2N2O2. The van der Waals surface area contributed by atoms with Crippen molar-refractivity contribution in [1.29, 1.82) is 0 Å². The number of halogens is 2. The van der Waals surface area contributed by atoms with E-state index in [4.69, 9.17) is 4.74 Å². The number of hydrogen-bond acceptors (Lipinski definition) is 4. The molecule has 1 aliphatic rings. The lowest BCUT2D eigenvalue weighted by Gasteiger charge is -2.15. The molecule has 6 heteroatoms. The van der Waals surface area contributed by atoms with E-state index in [0.29, 0.717) is 11.9 Å². The van der Waals surface area contributed by atoms with E-state index < -0.39 is 23.7 Å². The molecule has 0 bridgehead atoms. The van der Waals surface area contributed by atoms with Crippen LogP contribution in [0.2, 0.25) is 0 Å². The first-order valence-electron chi connectivity index (χ1n) is 7.42. The van der Waals surface area contributed by atoms with Crippen molar-refractivity contribution in [3.8, 4) is 0 Å². The molecule has 1 heterocycles.